The van der Waals surface area contributed by atoms with Gasteiger partial charge in [0.1, 0.15) is 5.01 Å². The monoisotopic (exact) mass is 408 g/mol. The van der Waals surface area contributed by atoms with Gasteiger partial charge in [-0.2, -0.15) is 0 Å². The standard InChI is InChI=1S/C23H24N2O3S/c1-4-24-22(27)16(3)28-20(26)14-19-21(17-12-10-15(2)11-13-17)29-23(25-19)18-8-6-5-7-9-18/h5-13,16H,4,14H2,1-3H3,(H,24,27)/t16-/m0/s1. The molecule has 0 spiro atoms. The molecular weight excluding hydrogens is 384 g/mol. The lowest BCUT2D eigenvalue weighted by atomic mass is 10.1. The smallest absolute Gasteiger partial charge is 0.312 e. The van der Waals surface area contributed by atoms with Crippen molar-refractivity contribution < 1.29 is 14.3 Å². The average molecular weight is 409 g/mol. The zero-order chi connectivity index (χ0) is 20.8. The highest BCUT2D eigenvalue weighted by Crippen LogP contribution is 2.36. The fourth-order valence-electron chi connectivity index (χ4n) is 2.85. The maximum atomic E-state index is 12.5. The number of esters is 1. The van der Waals surface area contributed by atoms with Crippen molar-refractivity contribution >= 4 is 23.2 Å². The first-order valence-corrected chi connectivity index (χ1v) is 10.4. The van der Waals surface area contributed by atoms with Gasteiger partial charge >= 0.3 is 5.97 Å². The Bertz CT molecular complexity index is 981. The van der Waals surface area contributed by atoms with Crippen LogP contribution in [0.1, 0.15) is 25.1 Å². The molecule has 0 bridgehead atoms. The molecule has 0 unspecified atom stereocenters. The van der Waals surface area contributed by atoms with Crippen LogP contribution in [0, 0.1) is 6.92 Å². The summed E-state index contributed by atoms with van der Waals surface area (Å²) in [6.45, 7) is 5.92. The summed E-state index contributed by atoms with van der Waals surface area (Å²) in [6, 6.07) is 18.0. The van der Waals surface area contributed by atoms with Gasteiger partial charge in [-0.15, -0.1) is 11.3 Å². The fourth-order valence-corrected chi connectivity index (χ4v) is 3.95. The van der Waals surface area contributed by atoms with Gasteiger partial charge in [-0.3, -0.25) is 9.59 Å². The Hall–Kier alpha value is -2.99. The Morgan fingerprint density at radius 3 is 2.41 bits per heavy atom. The second-order valence-corrected chi connectivity index (χ2v) is 7.73. The van der Waals surface area contributed by atoms with Gasteiger partial charge in [-0.25, -0.2) is 4.98 Å². The lowest BCUT2D eigenvalue weighted by Gasteiger charge is -2.12. The molecule has 150 valence electrons. The van der Waals surface area contributed by atoms with Gasteiger partial charge in [-0.05, 0) is 26.3 Å². The van der Waals surface area contributed by atoms with Crippen LogP contribution in [0.4, 0.5) is 0 Å². The van der Waals surface area contributed by atoms with Crippen LogP contribution in [-0.2, 0) is 20.7 Å². The van der Waals surface area contributed by atoms with Crippen molar-refractivity contribution in [3.8, 4) is 21.0 Å². The van der Waals surface area contributed by atoms with Gasteiger partial charge in [0.2, 0.25) is 0 Å². The number of carbonyl (C=O) groups excluding carboxylic acids is 2. The molecule has 29 heavy (non-hydrogen) atoms. The molecule has 1 amide bonds. The van der Waals surface area contributed by atoms with E-state index in [1.165, 1.54) is 5.56 Å². The number of aryl methyl sites for hydroxylation is 1. The first kappa shape index (κ1) is 20.7. The average Bonchev–Trinajstić information content (AvgIpc) is 3.13. The predicted octanol–water partition coefficient (Wildman–Crippen LogP) is 4.40. The lowest BCUT2D eigenvalue weighted by molar-refractivity contribution is -0.154. The van der Waals surface area contributed by atoms with Crippen LogP contribution in [0.15, 0.2) is 54.6 Å². The van der Waals surface area contributed by atoms with Gasteiger partial charge in [0, 0.05) is 12.1 Å². The molecule has 1 aromatic heterocycles. The number of nitrogens with one attached hydrogen (secondary N) is 1. The molecule has 0 saturated carbocycles. The molecule has 1 atom stereocenters. The first-order valence-electron chi connectivity index (χ1n) is 9.57. The maximum Gasteiger partial charge on any atom is 0.312 e. The quantitative estimate of drug-likeness (QED) is 0.589. The van der Waals surface area contributed by atoms with Crippen LogP contribution in [0.3, 0.4) is 0 Å². The van der Waals surface area contributed by atoms with Crippen LogP contribution in [0.25, 0.3) is 21.0 Å². The molecule has 1 heterocycles. The number of amides is 1. The number of thiazole rings is 1. The van der Waals surface area contributed by atoms with Gasteiger partial charge in [0.05, 0.1) is 17.0 Å². The molecule has 0 saturated heterocycles. The second-order valence-electron chi connectivity index (χ2n) is 6.73. The Morgan fingerprint density at radius 1 is 1.07 bits per heavy atom. The Labute approximate surface area is 174 Å². The molecule has 0 radical (unpaired) electrons. The summed E-state index contributed by atoms with van der Waals surface area (Å²) in [6.07, 6.45) is -0.825. The number of rotatable bonds is 7. The normalized spacial score (nSPS) is 11.7. The summed E-state index contributed by atoms with van der Waals surface area (Å²) in [5, 5.41) is 3.50. The van der Waals surface area contributed by atoms with Crippen LogP contribution in [0.5, 0.6) is 0 Å². The highest BCUT2D eigenvalue weighted by molar-refractivity contribution is 7.18. The van der Waals surface area contributed by atoms with E-state index in [9.17, 15) is 9.59 Å². The van der Waals surface area contributed by atoms with E-state index in [4.69, 9.17) is 9.72 Å². The van der Waals surface area contributed by atoms with Crippen molar-refractivity contribution in [1.29, 1.82) is 0 Å². The minimum absolute atomic E-state index is 0.0102. The van der Waals surface area contributed by atoms with Crippen molar-refractivity contribution in [3.63, 3.8) is 0 Å². The van der Waals surface area contributed by atoms with Gasteiger partial charge < -0.3 is 10.1 Å². The summed E-state index contributed by atoms with van der Waals surface area (Å²) in [5.41, 5.74) is 3.83. The molecule has 6 heteroatoms. The summed E-state index contributed by atoms with van der Waals surface area (Å²) in [4.78, 5) is 30.0. The van der Waals surface area contributed by atoms with Gasteiger partial charge in [0.15, 0.2) is 6.10 Å². The number of nitrogens with zero attached hydrogens (tertiary/aromatic N) is 1. The molecule has 0 fully saturated rings. The summed E-state index contributed by atoms with van der Waals surface area (Å²) in [7, 11) is 0. The van der Waals surface area contributed by atoms with Crippen molar-refractivity contribution in [3.05, 3.63) is 65.9 Å². The van der Waals surface area contributed by atoms with E-state index >= 15 is 0 Å². The third-order valence-electron chi connectivity index (χ3n) is 4.37. The number of ether oxygens (including phenoxy) is 1. The molecule has 0 aliphatic rings. The molecule has 2 aromatic carbocycles. The SMILES string of the molecule is CCNC(=O)[C@H](C)OC(=O)Cc1nc(-c2ccccc2)sc1-c1ccc(C)cc1. The van der Waals surface area contributed by atoms with E-state index in [-0.39, 0.29) is 12.3 Å². The van der Waals surface area contributed by atoms with Crippen molar-refractivity contribution in [2.24, 2.45) is 0 Å². The number of benzene rings is 2. The molecule has 5 nitrogen and oxygen atoms in total. The largest absolute Gasteiger partial charge is 0.452 e. The van der Waals surface area contributed by atoms with E-state index in [0.29, 0.717) is 12.2 Å². The number of hydrogen-bond acceptors (Lipinski definition) is 5. The number of carbonyl (C=O) groups is 2. The molecular formula is C23H24N2O3S. The van der Waals surface area contributed by atoms with E-state index in [2.05, 4.69) is 5.32 Å². The third kappa shape index (κ3) is 5.29. The zero-order valence-electron chi connectivity index (χ0n) is 16.8. The first-order chi connectivity index (χ1) is 14.0. The van der Waals surface area contributed by atoms with Crippen LogP contribution < -0.4 is 5.32 Å². The molecule has 0 aliphatic heterocycles. The summed E-state index contributed by atoms with van der Waals surface area (Å²) in [5.74, 6) is -0.773. The fraction of sp³-hybridized carbons (Fsp3) is 0.261. The zero-order valence-corrected chi connectivity index (χ0v) is 17.6. The van der Waals surface area contributed by atoms with Crippen molar-refractivity contribution in [1.82, 2.24) is 10.3 Å². The predicted molar refractivity (Wildman–Crippen MR) is 116 cm³/mol. The van der Waals surface area contributed by atoms with Crippen LogP contribution >= 0.6 is 11.3 Å². The Morgan fingerprint density at radius 2 is 1.76 bits per heavy atom. The number of likely N-dealkylation sites (N-methyl/N-ethyl adjacent to an activating group) is 1. The highest BCUT2D eigenvalue weighted by atomic mass is 32.1. The highest BCUT2D eigenvalue weighted by Gasteiger charge is 2.21. The van der Waals surface area contributed by atoms with Crippen molar-refractivity contribution in [2.75, 3.05) is 6.54 Å². The number of aromatic nitrogens is 1. The van der Waals surface area contributed by atoms with Gasteiger partial charge in [-0.1, -0.05) is 60.2 Å². The molecule has 3 rings (SSSR count). The Kier molecular flexibility index (Phi) is 6.77. The minimum Gasteiger partial charge on any atom is -0.452 e. The maximum absolute atomic E-state index is 12.5. The second kappa shape index (κ2) is 9.47. The molecule has 0 aliphatic carbocycles. The van der Waals surface area contributed by atoms with E-state index in [1.54, 1.807) is 18.3 Å². The van der Waals surface area contributed by atoms with Crippen LogP contribution in [-0.4, -0.2) is 29.5 Å². The molecule has 1 N–H and O–H groups in total. The summed E-state index contributed by atoms with van der Waals surface area (Å²) >= 11 is 1.55. The van der Waals surface area contributed by atoms with Crippen LogP contribution in [0.2, 0.25) is 0 Å². The topological polar surface area (TPSA) is 68.3 Å². The van der Waals surface area contributed by atoms with Crippen molar-refractivity contribution in [2.45, 2.75) is 33.3 Å². The number of hydrogen-bond donors (Lipinski definition) is 1. The lowest BCUT2D eigenvalue weighted by Crippen LogP contribution is -2.35. The third-order valence-corrected chi connectivity index (χ3v) is 5.57. The van der Waals surface area contributed by atoms with E-state index in [1.807, 2.05) is 68.4 Å². The Balaban J connectivity index is 1.88. The van der Waals surface area contributed by atoms with E-state index < -0.39 is 12.1 Å². The minimum atomic E-state index is -0.836. The van der Waals surface area contributed by atoms with Gasteiger partial charge in [0.25, 0.3) is 5.91 Å². The summed E-state index contributed by atoms with van der Waals surface area (Å²) < 4.78 is 5.31. The van der Waals surface area contributed by atoms with E-state index in [0.717, 1.165) is 21.0 Å². The molecule has 3 aromatic rings.